The molecule has 1 aliphatic rings. The van der Waals surface area contributed by atoms with Crippen molar-refractivity contribution < 1.29 is 14.3 Å². The lowest BCUT2D eigenvalue weighted by Crippen LogP contribution is -2.49. The van der Waals surface area contributed by atoms with Crippen LogP contribution >= 0.6 is 24.4 Å². The number of nitrogens with one attached hydrogen (secondary N) is 1. The second-order valence-corrected chi connectivity index (χ2v) is 8.45. The monoisotopic (exact) mass is 401 g/mol. The van der Waals surface area contributed by atoms with Crippen LogP contribution in [0.2, 0.25) is 0 Å². The summed E-state index contributed by atoms with van der Waals surface area (Å²) in [6.45, 7) is 3.60. The van der Waals surface area contributed by atoms with Crippen LogP contribution in [0.25, 0.3) is 11.1 Å². The minimum Gasteiger partial charge on any atom is -0.449 e. The van der Waals surface area contributed by atoms with Crippen LogP contribution in [0.5, 0.6) is 0 Å². The van der Waals surface area contributed by atoms with Crippen LogP contribution in [-0.4, -0.2) is 34.9 Å². The van der Waals surface area contributed by atoms with Gasteiger partial charge in [-0.3, -0.25) is 4.79 Å². The molecule has 0 saturated carbocycles. The predicted molar refractivity (Wildman–Crippen MR) is 114 cm³/mol. The van der Waals surface area contributed by atoms with Crippen molar-refractivity contribution in [3.8, 4) is 11.1 Å². The van der Waals surface area contributed by atoms with E-state index < -0.39 is 11.6 Å². The van der Waals surface area contributed by atoms with Gasteiger partial charge in [0.2, 0.25) is 5.12 Å². The number of thiol groups is 1. The number of thioether (sulfide) groups is 1. The maximum absolute atomic E-state index is 12.3. The average molecular weight is 402 g/mol. The van der Waals surface area contributed by atoms with Gasteiger partial charge in [0.1, 0.15) is 12.1 Å². The first-order valence-corrected chi connectivity index (χ1v) is 10.5. The highest BCUT2D eigenvalue weighted by Gasteiger charge is 2.32. The summed E-state index contributed by atoms with van der Waals surface area (Å²) in [6, 6.07) is 16.4. The lowest BCUT2D eigenvalue weighted by molar-refractivity contribution is -0.115. The third-order valence-corrected chi connectivity index (χ3v) is 6.30. The SMILES string of the molecule is CC(C)(NC(=O)OCC1c2ccccc2-c2ccccc21)C(=O)SCCS. The van der Waals surface area contributed by atoms with Crippen molar-refractivity contribution in [3.05, 3.63) is 59.7 Å². The Hall–Kier alpha value is -1.92. The lowest BCUT2D eigenvalue weighted by Gasteiger charge is -2.24. The number of ether oxygens (including phenoxy) is 1. The normalized spacial score (nSPS) is 13.0. The Morgan fingerprint density at radius 2 is 1.63 bits per heavy atom. The molecular formula is C21H23NO3S2. The quantitative estimate of drug-likeness (QED) is 0.700. The van der Waals surface area contributed by atoms with Gasteiger partial charge in [-0.25, -0.2) is 4.79 Å². The topological polar surface area (TPSA) is 55.4 Å². The Morgan fingerprint density at radius 1 is 1.07 bits per heavy atom. The molecule has 3 rings (SSSR count). The molecule has 0 heterocycles. The molecule has 2 aromatic carbocycles. The average Bonchev–Trinajstić information content (AvgIpc) is 2.98. The Kier molecular flexibility index (Phi) is 6.17. The highest BCUT2D eigenvalue weighted by atomic mass is 32.2. The number of rotatable bonds is 6. The number of hydrogen-bond acceptors (Lipinski definition) is 5. The zero-order chi connectivity index (χ0) is 19.4. The molecule has 1 N–H and O–H groups in total. The summed E-state index contributed by atoms with van der Waals surface area (Å²) in [5, 5.41) is 2.57. The predicted octanol–water partition coefficient (Wildman–Crippen LogP) is 4.49. The summed E-state index contributed by atoms with van der Waals surface area (Å²) in [6.07, 6.45) is -0.582. The first kappa shape index (κ1) is 19.8. The highest BCUT2D eigenvalue weighted by molar-refractivity contribution is 8.14. The number of carbonyl (C=O) groups excluding carboxylic acids is 2. The number of benzene rings is 2. The van der Waals surface area contributed by atoms with Crippen molar-refractivity contribution in [2.24, 2.45) is 0 Å². The van der Waals surface area contributed by atoms with E-state index in [0.29, 0.717) is 11.5 Å². The summed E-state index contributed by atoms with van der Waals surface area (Å²) in [4.78, 5) is 24.5. The van der Waals surface area contributed by atoms with E-state index in [2.05, 4.69) is 42.2 Å². The zero-order valence-corrected chi connectivity index (χ0v) is 17.1. The molecule has 27 heavy (non-hydrogen) atoms. The Balaban J connectivity index is 1.67. The van der Waals surface area contributed by atoms with Gasteiger partial charge in [0.15, 0.2) is 0 Å². The smallest absolute Gasteiger partial charge is 0.407 e. The van der Waals surface area contributed by atoms with Gasteiger partial charge in [-0.2, -0.15) is 12.6 Å². The third kappa shape index (κ3) is 4.33. The van der Waals surface area contributed by atoms with E-state index in [0.717, 1.165) is 22.9 Å². The zero-order valence-electron chi connectivity index (χ0n) is 15.4. The van der Waals surface area contributed by atoms with Gasteiger partial charge in [-0.1, -0.05) is 60.3 Å². The van der Waals surface area contributed by atoms with E-state index in [1.165, 1.54) is 11.1 Å². The van der Waals surface area contributed by atoms with Gasteiger partial charge in [-0.15, -0.1) is 0 Å². The second-order valence-electron chi connectivity index (χ2n) is 6.94. The van der Waals surface area contributed by atoms with E-state index >= 15 is 0 Å². The van der Waals surface area contributed by atoms with Gasteiger partial charge < -0.3 is 10.1 Å². The Morgan fingerprint density at radius 3 is 2.19 bits per heavy atom. The molecule has 0 unspecified atom stereocenters. The molecule has 1 amide bonds. The van der Waals surface area contributed by atoms with Crippen molar-refractivity contribution >= 4 is 35.6 Å². The number of alkyl carbamates (subject to hydrolysis) is 1. The summed E-state index contributed by atoms with van der Waals surface area (Å²) in [5.41, 5.74) is 3.69. The minimum atomic E-state index is -0.990. The summed E-state index contributed by atoms with van der Waals surface area (Å²) in [7, 11) is 0. The van der Waals surface area contributed by atoms with Crippen LogP contribution < -0.4 is 5.32 Å². The van der Waals surface area contributed by atoms with Gasteiger partial charge in [0, 0.05) is 11.7 Å². The van der Waals surface area contributed by atoms with Crippen LogP contribution in [0.1, 0.15) is 30.9 Å². The molecule has 0 aliphatic heterocycles. The largest absolute Gasteiger partial charge is 0.449 e. The molecular weight excluding hydrogens is 378 g/mol. The van der Waals surface area contributed by atoms with E-state index in [1.54, 1.807) is 13.8 Å². The molecule has 1 aliphatic carbocycles. The molecule has 2 aromatic rings. The standard InChI is InChI=1S/C21H23NO3S2/c1-21(2,19(23)27-12-11-26)22-20(24)25-13-18-16-9-5-3-7-14(16)15-8-4-6-10-17(15)18/h3-10,18,26H,11-13H2,1-2H3,(H,22,24). The molecule has 142 valence electrons. The van der Waals surface area contributed by atoms with Crippen LogP contribution in [0.15, 0.2) is 48.5 Å². The van der Waals surface area contributed by atoms with Crippen molar-refractivity contribution in [1.29, 1.82) is 0 Å². The van der Waals surface area contributed by atoms with Gasteiger partial charge in [0.05, 0.1) is 0 Å². The summed E-state index contributed by atoms with van der Waals surface area (Å²) >= 11 is 5.27. The molecule has 0 saturated heterocycles. The van der Waals surface area contributed by atoms with Crippen LogP contribution in [0, 0.1) is 0 Å². The fraction of sp³-hybridized carbons (Fsp3) is 0.333. The van der Waals surface area contributed by atoms with Crippen molar-refractivity contribution in [3.63, 3.8) is 0 Å². The Labute approximate surface area is 169 Å². The summed E-state index contributed by atoms with van der Waals surface area (Å²) < 4.78 is 5.50. The first-order chi connectivity index (χ1) is 12.9. The summed E-state index contributed by atoms with van der Waals surface area (Å²) in [5.74, 6) is 1.22. The van der Waals surface area contributed by atoms with Crippen LogP contribution in [0.4, 0.5) is 4.79 Å². The number of amides is 1. The molecule has 0 radical (unpaired) electrons. The second kappa shape index (κ2) is 8.40. The van der Waals surface area contributed by atoms with E-state index in [-0.39, 0.29) is 17.6 Å². The lowest BCUT2D eigenvalue weighted by atomic mass is 9.98. The van der Waals surface area contributed by atoms with E-state index in [4.69, 9.17) is 4.74 Å². The van der Waals surface area contributed by atoms with E-state index in [9.17, 15) is 9.59 Å². The maximum Gasteiger partial charge on any atom is 0.407 e. The van der Waals surface area contributed by atoms with Gasteiger partial charge >= 0.3 is 6.09 Å². The van der Waals surface area contributed by atoms with Crippen molar-refractivity contribution in [1.82, 2.24) is 5.32 Å². The number of hydrogen-bond donors (Lipinski definition) is 2. The minimum absolute atomic E-state index is 0.000482. The molecule has 0 spiro atoms. The van der Waals surface area contributed by atoms with Crippen LogP contribution in [0.3, 0.4) is 0 Å². The number of fused-ring (bicyclic) bond motifs is 3. The maximum atomic E-state index is 12.3. The molecule has 0 bridgehead atoms. The molecule has 0 fully saturated rings. The molecule has 0 atom stereocenters. The molecule has 0 aromatic heterocycles. The molecule has 4 nitrogen and oxygen atoms in total. The Bertz CT molecular complexity index is 805. The van der Waals surface area contributed by atoms with Crippen LogP contribution in [-0.2, 0) is 9.53 Å². The molecule has 6 heteroatoms. The third-order valence-electron chi connectivity index (χ3n) is 4.59. The fourth-order valence-electron chi connectivity index (χ4n) is 3.26. The fourth-order valence-corrected chi connectivity index (χ4v) is 4.22. The van der Waals surface area contributed by atoms with Gasteiger partial charge in [-0.05, 0) is 41.9 Å². The van der Waals surface area contributed by atoms with Gasteiger partial charge in [0.25, 0.3) is 0 Å². The van der Waals surface area contributed by atoms with E-state index in [1.807, 2.05) is 24.3 Å². The number of carbonyl (C=O) groups is 2. The van der Waals surface area contributed by atoms with Crippen molar-refractivity contribution in [2.45, 2.75) is 25.3 Å². The highest BCUT2D eigenvalue weighted by Crippen LogP contribution is 2.44. The van der Waals surface area contributed by atoms with Crippen molar-refractivity contribution in [2.75, 3.05) is 18.1 Å². The first-order valence-electron chi connectivity index (χ1n) is 8.85.